The number of anilines is 12. The number of hydrogen-bond donors (Lipinski definition) is 0. The first-order chi connectivity index (χ1) is 30.2. The van der Waals surface area contributed by atoms with E-state index in [1.165, 1.54) is 0 Å². The molecule has 0 amide bonds. The van der Waals surface area contributed by atoms with Crippen molar-refractivity contribution >= 4 is 68.2 Å². The molecule has 9 aromatic rings. The zero-order valence-corrected chi connectivity index (χ0v) is 32.8. The Bertz CT molecular complexity index is 2620. The highest BCUT2D eigenvalue weighted by Gasteiger charge is 2.29. The van der Waals surface area contributed by atoms with E-state index in [0.29, 0.717) is 0 Å². The van der Waals surface area contributed by atoms with E-state index in [2.05, 4.69) is 165 Å². The lowest BCUT2D eigenvalue weighted by molar-refractivity contribution is 0.477. The van der Waals surface area contributed by atoms with Gasteiger partial charge in [-0.1, -0.05) is 72.8 Å². The molecule has 0 N–H and O–H groups in total. The van der Waals surface area contributed by atoms with Gasteiger partial charge < -0.3 is 33.8 Å². The Hall–Kier alpha value is -8.42. The number of hydrogen-bond acceptors (Lipinski definition) is 7. The zero-order chi connectivity index (χ0) is 40.3. The SMILES string of the molecule is c1ccc2c(c1)Oc1ccccc1N2c1ccc(N(c2ccc(N3c4ccccc4Oc4ccccc43)cc2)c2ccc(N3c4ccccc4Oc4ccccc43)cc2)cc1. The van der Waals surface area contributed by atoms with Crippen LogP contribution < -0.4 is 33.8 Å². The van der Waals surface area contributed by atoms with Gasteiger partial charge in [-0.25, -0.2) is 0 Å². The molecule has 0 saturated carbocycles. The molecule has 0 aliphatic carbocycles. The van der Waals surface area contributed by atoms with Crippen molar-refractivity contribution in [2.75, 3.05) is 19.6 Å². The van der Waals surface area contributed by atoms with Crippen LogP contribution in [0.2, 0.25) is 0 Å². The van der Waals surface area contributed by atoms with Gasteiger partial charge in [0.2, 0.25) is 0 Å². The molecule has 7 heteroatoms. The Kier molecular flexibility index (Phi) is 8.03. The lowest BCUT2D eigenvalue weighted by Crippen LogP contribution is -2.17. The van der Waals surface area contributed by atoms with E-state index in [1.807, 2.05) is 72.8 Å². The van der Waals surface area contributed by atoms with Gasteiger partial charge in [0.25, 0.3) is 0 Å². The number of benzene rings is 9. The van der Waals surface area contributed by atoms with E-state index in [1.54, 1.807) is 0 Å². The average molecular weight is 789 g/mol. The molecular weight excluding hydrogens is 753 g/mol. The molecular formula is C54H36N4O3. The zero-order valence-electron chi connectivity index (χ0n) is 32.8. The summed E-state index contributed by atoms with van der Waals surface area (Å²) in [6, 6.07) is 75.4. The maximum atomic E-state index is 6.32. The quantitative estimate of drug-likeness (QED) is 0.166. The molecule has 0 spiro atoms. The summed E-state index contributed by atoms with van der Waals surface area (Å²) in [4.78, 5) is 9.10. The normalized spacial score (nSPS) is 12.9. The molecule has 0 fully saturated rings. The van der Waals surface area contributed by atoms with Gasteiger partial charge in [-0.2, -0.15) is 0 Å². The predicted octanol–water partition coefficient (Wildman–Crippen LogP) is 15.9. The molecule has 61 heavy (non-hydrogen) atoms. The number of ether oxygens (including phenoxy) is 3. The van der Waals surface area contributed by atoms with Crippen molar-refractivity contribution in [2.45, 2.75) is 0 Å². The van der Waals surface area contributed by atoms with Crippen molar-refractivity contribution in [1.82, 2.24) is 0 Å². The van der Waals surface area contributed by atoms with Gasteiger partial charge >= 0.3 is 0 Å². The van der Waals surface area contributed by atoms with Crippen LogP contribution in [0.5, 0.6) is 34.5 Å². The highest BCUT2D eigenvalue weighted by atomic mass is 16.5. The van der Waals surface area contributed by atoms with E-state index in [9.17, 15) is 0 Å². The molecule has 0 aromatic heterocycles. The smallest absolute Gasteiger partial charge is 0.151 e. The number of nitrogens with zero attached hydrogens (tertiary/aromatic N) is 4. The minimum Gasteiger partial charge on any atom is -0.453 e. The second kappa shape index (κ2) is 14.1. The Morgan fingerprint density at radius 1 is 0.230 bits per heavy atom. The molecule has 0 unspecified atom stereocenters. The fourth-order valence-electron chi connectivity index (χ4n) is 8.65. The monoisotopic (exact) mass is 788 g/mol. The fourth-order valence-corrected chi connectivity index (χ4v) is 8.65. The Balaban J connectivity index is 0.957. The van der Waals surface area contributed by atoms with Gasteiger partial charge in [-0.3, -0.25) is 0 Å². The minimum atomic E-state index is 0.822. The van der Waals surface area contributed by atoms with Crippen LogP contribution >= 0.6 is 0 Å². The van der Waals surface area contributed by atoms with Gasteiger partial charge in [-0.15, -0.1) is 0 Å². The van der Waals surface area contributed by atoms with Crippen LogP contribution in [0.1, 0.15) is 0 Å². The molecule has 3 aliphatic heterocycles. The molecule has 3 heterocycles. The van der Waals surface area contributed by atoms with Gasteiger partial charge in [0.05, 0.1) is 34.1 Å². The summed E-state index contributed by atoms with van der Waals surface area (Å²) in [7, 11) is 0. The second-order valence-corrected chi connectivity index (χ2v) is 15.0. The van der Waals surface area contributed by atoms with Crippen LogP contribution in [0.25, 0.3) is 0 Å². The van der Waals surface area contributed by atoms with Crippen molar-refractivity contribution in [3.63, 3.8) is 0 Å². The second-order valence-electron chi connectivity index (χ2n) is 15.0. The minimum absolute atomic E-state index is 0.822. The van der Waals surface area contributed by atoms with E-state index in [-0.39, 0.29) is 0 Å². The highest BCUT2D eigenvalue weighted by Crippen LogP contribution is 2.54. The molecule has 3 aliphatic rings. The topological polar surface area (TPSA) is 40.7 Å². The van der Waals surface area contributed by atoms with Crippen LogP contribution in [0.3, 0.4) is 0 Å². The highest BCUT2D eigenvalue weighted by molar-refractivity contribution is 5.91. The average Bonchev–Trinajstić information content (AvgIpc) is 3.32. The summed E-state index contributed by atoms with van der Waals surface area (Å²) in [6.07, 6.45) is 0. The number of rotatable bonds is 6. The molecule has 12 rings (SSSR count). The van der Waals surface area contributed by atoms with Crippen molar-refractivity contribution in [3.05, 3.63) is 218 Å². The Labute approximate surface area is 353 Å². The molecule has 9 aromatic carbocycles. The van der Waals surface area contributed by atoms with Crippen molar-refractivity contribution < 1.29 is 14.2 Å². The molecule has 0 saturated heterocycles. The fraction of sp³-hybridized carbons (Fsp3) is 0. The van der Waals surface area contributed by atoms with Crippen LogP contribution in [-0.2, 0) is 0 Å². The van der Waals surface area contributed by atoms with Gasteiger partial charge in [-0.05, 0) is 146 Å². The maximum Gasteiger partial charge on any atom is 0.151 e. The van der Waals surface area contributed by atoms with Crippen LogP contribution in [-0.4, -0.2) is 0 Å². The summed E-state index contributed by atoms with van der Waals surface area (Å²) in [5, 5.41) is 0. The standard InChI is InChI=1S/C54H36N4O3/c1-7-19-49-43(13-1)56(44-14-2-8-20-50(44)59-49)40-31-25-37(26-32-40)55(38-27-33-41(34-28-38)57-45-15-3-9-21-51(45)60-52-22-10-4-16-46(52)57)39-29-35-42(36-30-39)58-47-17-5-11-23-53(47)61-54-24-12-6-18-48(54)58/h1-36H. The third-order valence-corrected chi connectivity index (χ3v) is 11.4. The van der Waals surface area contributed by atoms with Crippen LogP contribution in [0, 0.1) is 0 Å². The molecule has 0 radical (unpaired) electrons. The third-order valence-electron chi connectivity index (χ3n) is 11.4. The summed E-state index contributed by atoms with van der Waals surface area (Å²) < 4.78 is 19.0. The first-order valence-electron chi connectivity index (χ1n) is 20.3. The van der Waals surface area contributed by atoms with Crippen molar-refractivity contribution in [2.24, 2.45) is 0 Å². The van der Waals surface area contributed by atoms with E-state index < -0.39 is 0 Å². The predicted molar refractivity (Wildman–Crippen MR) is 245 cm³/mol. The first kappa shape index (κ1) is 34.6. The maximum absolute atomic E-state index is 6.32. The number of para-hydroxylation sites is 12. The third kappa shape index (κ3) is 5.82. The Morgan fingerprint density at radius 3 is 0.639 bits per heavy atom. The molecule has 0 atom stereocenters. The lowest BCUT2D eigenvalue weighted by atomic mass is 10.1. The molecule has 290 valence electrons. The molecule has 7 nitrogen and oxygen atoms in total. The van der Waals surface area contributed by atoms with Crippen LogP contribution in [0.4, 0.5) is 68.2 Å². The summed E-state index contributed by atoms with van der Waals surface area (Å²) in [5.41, 5.74) is 12.1. The van der Waals surface area contributed by atoms with Crippen molar-refractivity contribution in [3.8, 4) is 34.5 Å². The largest absolute Gasteiger partial charge is 0.453 e. The van der Waals surface area contributed by atoms with Crippen molar-refractivity contribution in [1.29, 1.82) is 0 Å². The van der Waals surface area contributed by atoms with Crippen LogP contribution in [0.15, 0.2) is 218 Å². The first-order valence-corrected chi connectivity index (χ1v) is 20.3. The summed E-state index contributed by atoms with van der Waals surface area (Å²) in [5.74, 6) is 4.93. The summed E-state index contributed by atoms with van der Waals surface area (Å²) in [6.45, 7) is 0. The molecule has 0 bridgehead atoms. The van der Waals surface area contributed by atoms with Gasteiger partial charge in [0, 0.05) is 34.1 Å². The lowest BCUT2D eigenvalue weighted by Gasteiger charge is -2.34. The van der Waals surface area contributed by atoms with E-state index in [4.69, 9.17) is 14.2 Å². The van der Waals surface area contributed by atoms with E-state index in [0.717, 1.165) is 103 Å². The number of fused-ring (bicyclic) bond motifs is 6. The van der Waals surface area contributed by atoms with Gasteiger partial charge in [0.15, 0.2) is 34.5 Å². The Morgan fingerprint density at radius 2 is 0.426 bits per heavy atom. The van der Waals surface area contributed by atoms with E-state index >= 15 is 0 Å². The summed E-state index contributed by atoms with van der Waals surface area (Å²) >= 11 is 0. The van der Waals surface area contributed by atoms with Gasteiger partial charge in [0.1, 0.15) is 0 Å².